The van der Waals surface area contributed by atoms with Crippen molar-refractivity contribution in [1.29, 1.82) is 0 Å². The van der Waals surface area contributed by atoms with Crippen LogP contribution in [0.4, 0.5) is 0 Å². The second kappa shape index (κ2) is 5.25. The normalized spacial score (nSPS) is 32.1. The Bertz CT molecular complexity index is 246. The van der Waals surface area contributed by atoms with Crippen LogP contribution >= 0.6 is 0 Å². The molecule has 100 valence electrons. The van der Waals surface area contributed by atoms with E-state index in [-0.39, 0.29) is 0 Å². The third-order valence-electron chi connectivity index (χ3n) is 4.85. The van der Waals surface area contributed by atoms with Gasteiger partial charge in [0.2, 0.25) is 0 Å². The lowest BCUT2D eigenvalue weighted by molar-refractivity contribution is -0.0253. The molecule has 0 aromatic heterocycles. The zero-order valence-electron chi connectivity index (χ0n) is 11.8. The van der Waals surface area contributed by atoms with Gasteiger partial charge in [0.15, 0.2) is 0 Å². The maximum atomic E-state index is 5.79. The number of nitrogens with two attached hydrogens (primary N) is 1. The summed E-state index contributed by atoms with van der Waals surface area (Å²) in [6.45, 7) is 7.95. The molecule has 2 fully saturated rings. The molecule has 0 spiro atoms. The molecule has 2 N–H and O–H groups in total. The number of rotatable bonds is 3. The Balaban J connectivity index is 2.07. The summed E-state index contributed by atoms with van der Waals surface area (Å²) in [5, 5.41) is 0. The number of nitrogens with zero attached hydrogens (tertiary/aromatic N) is 2. The lowest BCUT2D eigenvalue weighted by atomic mass is 9.93. The zero-order valence-corrected chi connectivity index (χ0v) is 11.8. The van der Waals surface area contributed by atoms with E-state index < -0.39 is 0 Å². The van der Waals surface area contributed by atoms with Gasteiger partial charge in [-0.2, -0.15) is 0 Å². The molecule has 1 atom stereocenters. The summed E-state index contributed by atoms with van der Waals surface area (Å²) in [6, 6.07) is 1.51. The van der Waals surface area contributed by atoms with Crippen LogP contribution in [-0.2, 0) is 0 Å². The molecule has 1 unspecified atom stereocenters. The SMILES string of the molecule is CN1CC(CCN)N(C2CCCC2)CC1(C)C. The van der Waals surface area contributed by atoms with E-state index in [2.05, 4.69) is 30.7 Å². The third-order valence-corrected chi connectivity index (χ3v) is 4.85. The largest absolute Gasteiger partial charge is 0.330 e. The van der Waals surface area contributed by atoms with E-state index in [9.17, 15) is 0 Å². The van der Waals surface area contributed by atoms with Crippen molar-refractivity contribution in [1.82, 2.24) is 9.80 Å². The molecule has 1 heterocycles. The summed E-state index contributed by atoms with van der Waals surface area (Å²) < 4.78 is 0. The van der Waals surface area contributed by atoms with Crippen LogP contribution in [-0.4, -0.2) is 54.1 Å². The summed E-state index contributed by atoms with van der Waals surface area (Å²) in [7, 11) is 2.26. The van der Waals surface area contributed by atoms with Crippen LogP contribution in [0.3, 0.4) is 0 Å². The van der Waals surface area contributed by atoms with Crippen LogP contribution in [0.25, 0.3) is 0 Å². The maximum Gasteiger partial charge on any atom is 0.0278 e. The second-order valence-electron chi connectivity index (χ2n) is 6.53. The second-order valence-corrected chi connectivity index (χ2v) is 6.53. The van der Waals surface area contributed by atoms with Crippen molar-refractivity contribution in [3.05, 3.63) is 0 Å². The lowest BCUT2D eigenvalue weighted by Crippen LogP contribution is -2.64. The first-order valence-corrected chi connectivity index (χ1v) is 7.21. The number of piperazine rings is 1. The summed E-state index contributed by atoms with van der Waals surface area (Å²) >= 11 is 0. The first-order chi connectivity index (χ1) is 8.04. The highest BCUT2D eigenvalue weighted by molar-refractivity contribution is 4.96. The molecule has 0 aromatic rings. The lowest BCUT2D eigenvalue weighted by Gasteiger charge is -2.52. The first kappa shape index (κ1) is 13.3. The fourth-order valence-corrected chi connectivity index (χ4v) is 3.48. The van der Waals surface area contributed by atoms with Gasteiger partial charge >= 0.3 is 0 Å². The molecule has 2 aliphatic rings. The highest BCUT2D eigenvalue weighted by Gasteiger charge is 2.39. The van der Waals surface area contributed by atoms with Gasteiger partial charge in [-0.05, 0) is 46.7 Å². The van der Waals surface area contributed by atoms with Gasteiger partial charge in [0.1, 0.15) is 0 Å². The van der Waals surface area contributed by atoms with Crippen LogP contribution in [0.5, 0.6) is 0 Å². The number of likely N-dealkylation sites (N-methyl/N-ethyl adjacent to an activating group) is 1. The van der Waals surface area contributed by atoms with Crippen molar-refractivity contribution in [3.63, 3.8) is 0 Å². The van der Waals surface area contributed by atoms with Crippen molar-refractivity contribution in [2.45, 2.75) is 63.6 Å². The first-order valence-electron chi connectivity index (χ1n) is 7.21. The molecular weight excluding hydrogens is 210 g/mol. The number of hydrogen-bond donors (Lipinski definition) is 1. The highest BCUT2D eigenvalue weighted by atomic mass is 15.3. The van der Waals surface area contributed by atoms with E-state index in [1.54, 1.807) is 0 Å². The quantitative estimate of drug-likeness (QED) is 0.813. The van der Waals surface area contributed by atoms with Gasteiger partial charge in [-0.3, -0.25) is 9.80 Å². The molecule has 0 aromatic carbocycles. The van der Waals surface area contributed by atoms with Crippen molar-refractivity contribution in [3.8, 4) is 0 Å². The molecule has 1 aliphatic heterocycles. The van der Waals surface area contributed by atoms with Crippen molar-refractivity contribution in [2.24, 2.45) is 5.73 Å². The van der Waals surface area contributed by atoms with Gasteiger partial charge in [-0.25, -0.2) is 0 Å². The van der Waals surface area contributed by atoms with Crippen molar-refractivity contribution >= 4 is 0 Å². The van der Waals surface area contributed by atoms with Crippen molar-refractivity contribution < 1.29 is 0 Å². The van der Waals surface area contributed by atoms with Crippen LogP contribution in [0.15, 0.2) is 0 Å². The minimum atomic E-state index is 0.313. The number of hydrogen-bond acceptors (Lipinski definition) is 3. The van der Waals surface area contributed by atoms with E-state index in [4.69, 9.17) is 5.73 Å². The third kappa shape index (κ3) is 2.83. The molecule has 3 heteroatoms. The predicted octanol–water partition coefficient (Wildman–Crippen LogP) is 1.67. The van der Waals surface area contributed by atoms with E-state index >= 15 is 0 Å². The van der Waals surface area contributed by atoms with Crippen LogP contribution in [0.2, 0.25) is 0 Å². The topological polar surface area (TPSA) is 32.5 Å². The Labute approximate surface area is 106 Å². The van der Waals surface area contributed by atoms with Gasteiger partial charge in [-0.15, -0.1) is 0 Å². The Morgan fingerprint density at radius 3 is 2.47 bits per heavy atom. The van der Waals surface area contributed by atoms with E-state index in [0.717, 1.165) is 19.0 Å². The molecule has 1 saturated carbocycles. The summed E-state index contributed by atoms with van der Waals surface area (Å²) in [4.78, 5) is 5.29. The minimum Gasteiger partial charge on any atom is -0.330 e. The molecule has 0 radical (unpaired) electrons. The van der Waals surface area contributed by atoms with Crippen LogP contribution in [0, 0.1) is 0 Å². The molecule has 0 bridgehead atoms. The molecule has 3 nitrogen and oxygen atoms in total. The monoisotopic (exact) mass is 239 g/mol. The van der Waals surface area contributed by atoms with Gasteiger partial charge in [0.05, 0.1) is 0 Å². The molecule has 1 aliphatic carbocycles. The summed E-state index contributed by atoms with van der Waals surface area (Å²) in [6.07, 6.45) is 6.80. The van der Waals surface area contributed by atoms with E-state index in [1.165, 1.54) is 38.8 Å². The van der Waals surface area contributed by atoms with E-state index in [0.29, 0.717) is 11.6 Å². The fourth-order valence-electron chi connectivity index (χ4n) is 3.48. The molecule has 0 amide bonds. The molecule has 1 saturated heterocycles. The standard InChI is InChI=1S/C14H29N3/c1-14(2)11-17(12-6-4-5-7-12)13(8-9-15)10-16(14)3/h12-13H,4-11,15H2,1-3H3. The average Bonchev–Trinajstić information content (AvgIpc) is 2.77. The predicted molar refractivity (Wildman–Crippen MR) is 73.1 cm³/mol. The van der Waals surface area contributed by atoms with Gasteiger partial charge in [0, 0.05) is 30.7 Å². The Morgan fingerprint density at radius 2 is 1.88 bits per heavy atom. The van der Waals surface area contributed by atoms with E-state index in [1.807, 2.05) is 0 Å². The summed E-state index contributed by atoms with van der Waals surface area (Å²) in [5.41, 5.74) is 6.10. The molecular formula is C14H29N3. The highest BCUT2D eigenvalue weighted by Crippen LogP contribution is 2.32. The average molecular weight is 239 g/mol. The van der Waals surface area contributed by atoms with Crippen molar-refractivity contribution in [2.75, 3.05) is 26.7 Å². The molecule has 17 heavy (non-hydrogen) atoms. The maximum absolute atomic E-state index is 5.79. The summed E-state index contributed by atoms with van der Waals surface area (Å²) in [5.74, 6) is 0. The minimum absolute atomic E-state index is 0.313. The van der Waals surface area contributed by atoms with Gasteiger partial charge < -0.3 is 5.73 Å². The van der Waals surface area contributed by atoms with Crippen LogP contribution in [0.1, 0.15) is 46.0 Å². The Kier molecular flexibility index (Phi) is 4.11. The zero-order chi connectivity index (χ0) is 12.5. The fraction of sp³-hybridized carbons (Fsp3) is 1.00. The molecule has 2 rings (SSSR count). The smallest absolute Gasteiger partial charge is 0.0278 e. The Morgan fingerprint density at radius 1 is 1.24 bits per heavy atom. The Hall–Kier alpha value is -0.120. The van der Waals surface area contributed by atoms with Gasteiger partial charge in [-0.1, -0.05) is 12.8 Å². The van der Waals surface area contributed by atoms with Crippen LogP contribution < -0.4 is 5.73 Å². The van der Waals surface area contributed by atoms with Gasteiger partial charge in [0.25, 0.3) is 0 Å².